The Kier molecular flexibility index (Phi) is 3.99. The molecule has 0 radical (unpaired) electrons. The smallest absolute Gasteiger partial charge is 0.311 e. The summed E-state index contributed by atoms with van der Waals surface area (Å²) in [6.07, 6.45) is 5.85. The molecule has 2 atom stereocenters. The van der Waals surface area contributed by atoms with E-state index in [0.717, 1.165) is 25.7 Å². The van der Waals surface area contributed by atoms with Gasteiger partial charge in [-0.15, -0.1) is 0 Å². The van der Waals surface area contributed by atoms with Crippen LogP contribution in [0.1, 0.15) is 32.1 Å². The fourth-order valence-electron chi connectivity index (χ4n) is 4.62. The lowest BCUT2D eigenvalue weighted by molar-refractivity contribution is -0.149. The van der Waals surface area contributed by atoms with Crippen LogP contribution in [0.25, 0.3) is 0 Å². The third-order valence-electron chi connectivity index (χ3n) is 6.04. The predicted octanol–water partition coefficient (Wildman–Crippen LogP) is 1.56. The maximum atomic E-state index is 12.8. The maximum Gasteiger partial charge on any atom is 0.311 e. The van der Waals surface area contributed by atoms with Gasteiger partial charge in [-0.3, -0.25) is 4.79 Å². The Labute approximate surface area is 147 Å². The van der Waals surface area contributed by atoms with Crippen LogP contribution in [0.3, 0.4) is 0 Å². The molecule has 1 aromatic heterocycles. The van der Waals surface area contributed by atoms with E-state index in [4.69, 9.17) is 0 Å². The Morgan fingerprint density at radius 3 is 2.72 bits per heavy atom. The number of nitrogens with zero attached hydrogens (tertiary/aromatic N) is 3. The average Bonchev–Trinajstić information content (AvgIpc) is 3.30. The summed E-state index contributed by atoms with van der Waals surface area (Å²) in [5.41, 5.74) is -0.703. The average molecular weight is 365 g/mol. The van der Waals surface area contributed by atoms with Crippen molar-refractivity contribution in [2.75, 3.05) is 31.1 Å². The molecule has 0 bridgehead atoms. The van der Waals surface area contributed by atoms with E-state index in [0.29, 0.717) is 38.4 Å². The number of fused-ring (bicyclic) bond motifs is 1. The van der Waals surface area contributed by atoms with Gasteiger partial charge in [-0.2, -0.15) is 4.31 Å². The van der Waals surface area contributed by atoms with Gasteiger partial charge in [0.25, 0.3) is 0 Å². The number of hydrogen-bond donors (Lipinski definition) is 1. The van der Waals surface area contributed by atoms with Crippen molar-refractivity contribution >= 4 is 21.8 Å². The van der Waals surface area contributed by atoms with Crippen molar-refractivity contribution < 1.29 is 18.3 Å². The van der Waals surface area contributed by atoms with Gasteiger partial charge >= 0.3 is 5.97 Å². The second-order valence-electron chi connectivity index (χ2n) is 7.39. The van der Waals surface area contributed by atoms with Gasteiger partial charge in [0.05, 0.1) is 10.3 Å². The molecule has 25 heavy (non-hydrogen) atoms. The van der Waals surface area contributed by atoms with Crippen LogP contribution in [-0.4, -0.2) is 55.0 Å². The second kappa shape index (κ2) is 5.95. The zero-order valence-electron chi connectivity index (χ0n) is 14.1. The number of hydrogen-bond acceptors (Lipinski definition) is 5. The van der Waals surface area contributed by atoms with E-state index in [2.05, 4.69) is 4.98 Å². The molecule has 1 aromatic rings. The van der Waals surface area contributed by atoms with Crippen LogP contribution in [0, 0.1) is 11.3 Å². The number of rotatable bonds is 4. The number of aromatic nitrogens is 1. The Hall–Kier alpha value is -1.67. The Bertz CT molecular complexity index is 791. The van der Waals surface area contributed by atoms with Crippen LogP contribution in [0.15, 0.2) is 23.2 Å². The van der Waals surface area contributed by atoms with E-state index < -0.39 is 21.4 Å². The highest BCUT2D eigenvalue weighted by Gasteiger charge is 2.55. The molecule has 0 spiro atoms. The molecule has 2 saturated heterocycles. The molecule has 7 nitrogen and oxygen atoms in total. The van der Waals surface area contributed by atoms with Gasteiger partial charge in [0, 0.05) is 38.4 Å². The number of sulfonamides is 1. The van der Waals surface area contributed by atoms with E-state index in [-0.39, 0.29) is 10.8 Å². The molecule has 1 saturated carbocycles. The lowest BCUT2D eigenvalue weighted by Gasteiger charge is -2.24. The van der Waals surface area contributed by atoms with E-state index >= 15 is 0 Å². The molecule has 3 heterocycles. The molecule has 0 amide bonds. The first kappa shape index (κ1) is 16.8. The van der Waals surface area contributed by atoms with Crippen molar-refractivity contribution in [1.29, 1.82) is 0 Å². The zero-order valence-corrected chi connectivity index (χ0v) is 14.9. The lowest BCUT2D eigenvalue weighted by atomic mass is 9.81. The highest BCUT2D eigenvalue weighted by molar-refractivity contribution is 7.89. The van der Waals surface area contributed by atoms with E-state index in [1.807, 2.05) is 4.90 Å². The molecule has 3 aliphatic rings. The molecule has 8 heteroatoms. The van der Waals surface area contributed by atoms with Crippen molar-refractivity contribution in [2.45, 2.75) is 37.0 Å². The fraction of sp³-hybridized carbons (Fsp3) is 0.647. The van der Waals surface area contributed by atoms with Crippen molar-refractivity contribution in [3.63, 3.8) is 0 Å². The van der Waals surface area contributed by atoms with Gasteiger partial charge in [-0.05, 0) is 37.7 Å². The lowest BCUT2D eigenvalue weighted by Crippen LogP contribution is -2.35. The van der Waals surface area contributed by atoms with Gasteiger partial charge in [-0.1, -0.05) is 6.42 Å². The number of carbonyl (C=O) groups is 1. The van der Waals surface area contributed by atoms with Gasteiger partial charge in [0.1, 0.15) is 5.82 Å². The number of carboxylic acids is 1. The molecular weight excluding hydrogens is 342 g/mol. The summed E-state index contributed by atoms with van der Waals surface area (Å²) in [7, 11) is -3.49. The predicted molar refractivity (Wildman–Crippen MR) is 91.9 cm³/mol. The zero-order chi connectivity index (χ0) is 17.7. The third kappa shape index (κ3) is 2.62. The van der Waals surface area contributed by atoms with Gasteiger partial charge in [0.2, 0.25) is 10.0 Å². The van der Waals surface area contributed by atoms with Crippen molar-refractivity contribution in [1.82, 2.24) is 9.29 Å². The van der Waals surface area contributed by atoms with E-state index in [9.17, 15) is 18.3 Å². The number of anilines is 1. The van der Waals surface area contributed by atoms with Gasteiger partial charge in [-0.25, -0.2) is 13.4 Å². The van der Waals surface area contributed by atoms with Crippen LogP contribution in [0.4, 0.5) is 5.82 Å². The minimum Gasteiger partial charge on any atom is -0.481 e. The first-order valence-electron chi connectivity index (χ1n) is 8.88. The molecule has 1 aliphatic carbocycles. The Morgan fingerprint density at radius 2 is 2.04 bits per heavy atom. The molecule has 1 N–H and O–H groups in total. The summed E-state index contributed by atoms with van der Waals surface area (Å²) in [5, 5.41) is 9.72. The molecular formula is C17H23N3O4S. The first-order valence-corrected chi connectivity index (χ1v) is 10.3. The standard InChI is InChI=1S/C17H23N3O4S/c21-16(22)17-6-3-4-13(17)11-19(12-17)15-10-14(5-7-18-15)25(23,24)20-8-1-2-9-20/h5,7,10,13H,1-4,6,8-9,11-12H2,(H,21,22)/t13-,17+/m0/s1. The largest absolute Gasteiger partial charge is 0.481 e. The monoisotopic (exact) mass is 365 g/mol. The molecule has 2 aliphatic heterocycles. The maximum absolute atomic E-state index is 12.8. The Balaban J connectivity index is 1.62. The first-order chi connectivity index (χ1) is 11.9. The molecule has 3 fully saturated rings. The minimum absolute atomic E-state index is 0.116. The van der Waals surface area contributed by atoms with Crippen LogP contribution >= 0.6 is 0 Å². The highest BCUT2D eigenvalue weighted by Crippen LogP contribution is 2.49. The number of pyridine rings is 1. The summed E-state index contributed by atoms with van der Waals surface area (Å²) in [5.74, 6) is -0.0562. The number of carboxylic acid groups (broad SMARTS) is 1. The summed E-state index contributed by atoms with van der Waals surface area (Å²) < 4.78 is 27.0. The SMILES string of the molecule is O=C(O)[C@@]12CCC[C@H]1CN(c1cc(S(=O)(=O)N3CCCC3)ccn1)C2. The van der Waals surface area contributed by atoms with Gasteiger partial charge in [0.15, 0.2) is 0 Å². The molecule has 0 aromatic carbocycles. The topological polar surface area (TPSA) is 90.8 Å². The second-order valence-corrected chi connectivity index (χ2v) is 9.33. The molecule has 0 unspecified atom stereocenters. The van der Waals surface area contributed by atoms with Crippen LogP contribution in [0.5, 0.6) is 0 Å². The highest BCUT2D eigenvalue weighted by atomic mass is 32.2. The molecule has 4 rings (SSSR count). The fourth-order valence-corrected chi connectivity index (χ4v) is 6.15. The normalized spacial score (nSPS) is 29.9. The summed E-state index contributed by atoms with van der Waals surface area (Å²) >= 11 is 0. The Morgan fingerprint density at radius 1 is 1.28 bits per heavy atom. The summed E-state index contributed by atoms with van der Waals surface area (Å²) in [4.78, 5) is 18.4. The van der Waals surface area contributed by atoms with Crippen molar-refractivity contribution in [2.24, 2.45) is 11.3 Å². The minimum atomic E-state index is -3.49. The molecule has 136 valence electrons. The summed E-state index contributed by atoms with van der Waals surface area (Å²) in [6.45, 7) is 2.17. The number of aliphatic carboxylic acids is 1. The summed E-state index contributed by atoms with van der Waals surface area (Å²) in [6, 6.07) is 3.13. The quantitative estimate of drug-likeness (QED) is 0.871. The van der Waals surface area contributed by atoms with Crippen LogP contribution in [0.2, 0.25) is 0 Å². The van der Waals surface area contributed by atoms with Gasteiger partial charge < -0.3 is 10.0 Å². The van der Waals surface area contributed by atoms with Crippen LogP contribution in [-0.2, 0) is 14.8 Å². The van der Waals surface area contributed by atoms with E-state index in [1.165, 1.54) is 16.6 Å². The third-order valence-corrected chi connectivity index (χ3v) is 7.94. The van der Waals surface area contributed by atoms with Crippen LogP contribution < -0.4 is 4.90 Å². The van der Waals surface area contributed by atoms with Crippen molar-refractivity contribution in [3.05, 3.63) is 18.3 Å². The van der Waals surface area contributed by atoms with Crippen molar-refractivity contribution in [3.8, 4) is 0 Å². The van der Waals surface area contributed by atoms with E-state index in [1.54, 1.807) is 6.07 Å².